The molecule has 0 saturated carbocycles. The van der Waals surface area contributed by atoms with Crippen LogP contribution >= 0.6 is 11.6 Å². The fourth-order valence-corrected chi connectivity index (χ4v) is 2.81. The maximum absolute atomic E-state index is 6.01. The lowest BCUT2D eigenvalue weighted by Gasteiger charge is -2.38. The van der Waals surface area contributed by atoms with Gasteiger partial charge in [0.2, 0.25) is 5.95 Å². The summed E-state index contributed by atoms with van der Waals surface area (Å²) in [7, 11) is 0. The first-order valence-corrected chi connectivity index (χ1v) is 7.15. The summed E-state index contributed by atoms with van der Waals surface area (Å²) in [5.41, 5.74) is 6.49. The molecule has 0 radical (unpaired) electrons. The summed E-state index contributed by atoms with van der Waals surface area (Å²) in [6.45, 7) is 4.14. The molecule has 21 heavy (non-hydrogen) atoms. The van der Waals surface area contributed by atoms with E-state index >= 15 is 0 Å². The minimum Gasteiger partial charge on any atom is -0.487 e. The van der Waals surface area contributed by atoms with Crippen molar-refractivity contribution in [2.75, 3.05) is 11.1 Å². The predicted octanol–water partition coefficient (Wildman–Crippen LogP) is 3.43. The van der Waals surface area contributed by atoms with Gasteiger partial charge in [-0.25, -0.2) is 4.98 Å². The number of aromatic nitrogens is 2. The largest absolute Gasteiger partial charge is 0.487 e. The number of hydrogen-bond donors (Lipinski definition) is 2. The third-order valence-corrected chi connectivity index (χ3v) is 3.60. The Kier molecular flexibility index (Phi) is 3.37. The van der Waals surface area contributed by atoms with Crippen LogP contribution in [0.3, 0.4) is 0 Å². The first kappa shape index (κ1) is 13.9. The lowest BCUT2D eigenvalue weighted by atomic mass is 9.90. The van der Waals surface area contributed by atoms with Gasteiger partial charge in [0.25, 0.3) is 0 Å². The number of nitrogen functional groups attached to an aromatic ring is 1. The summed E-state index contributed by atoms with van der Waals surface area (Å²) >= 11 is 5.93. The van der Waals surface area contributed by atoms with Crippen LogP contribution in [-0.2, 0) is 0 Å². The number of nitrogens with zero attached hydrogens (tertiary/aromatic N) is 2. The lowest BCUT2D eigenvalue weighted by molar-refractivity contribution is 0.0758. The van der Waals surface area contributed by atoms with Crippen molar-refractivity contribution in [2.45, 2.75) is 31.9 Å². The van der Waals surface area contributed by atoms with Crippen molar-refractivity contribution in [3.63, 3.8) is 0 Å². The molecule has 1 aliphatic heterocycles. The molecule has 2 aromatic rings. The molecule has 0 aliphatic carbocycles. The number of fused-ring (bicyclic) bond motifs is 1. The van der Waals surface area contributed by atoms with Gasteiger partial charge in [-0.2, -0.15) is 4.98 Å². The Bertz CT molecular complexity index is 654. The molecule has 0 fully saturated rings. The second-order valence-corrected chi connectivity index (χ2v) is 6.12. The maximum Gasteiger partial charge on any atom is 0.223 e. The molecule has 2 heterocycles. The molecule has 5 nitrogen and oxygen atoms in total. The van der Waals surface area contributed by atoms with Gasteiger partial charge in [-0.1, -0.05) is 29.8 Å². The minimum absolute atomic E-state index is 0.0790. The molecule has 1 aromatic heterocycles. The van der Waals surface area contributed by atoms with E-state index in [0.717, 1.165) is 17.7 Å². The van der Waals surface area contributed by atoms with Gasteiger partial charge in [0.1, 0.15) is 22.3 Å². The van der Waals surface area contributed by atoms with Crippen molar-refractivity contribution in [2.24, 2.45) is 0 Å². The summed E-state index contributed by atoms with van der Waals surface area (Å²) in [4.78, 5) is 8.05. The number of benzene rings is 1. The molecular weight excluding hydrogens is 288 g/mol. The topological polar surface area (TPSA) is 73.1 Å². The molecule has 3 N–H and O–H groups in total. The zero-order chi connectivity index (χ0) is 15.0. The summed E-state index contributed by atoms with van der Waals surface area (Å²) in [6, 6.07) is 9.74. The van der Waals surface area contributed by atoms with Crippen molar-refractivity contribution in [3.05, 3.63) is 41.0 Å². The molecule has 110 valence electrons. The van der Waals surface area contributed by atoms with Crippen LogP contribution in [0.5, 0.6) is 5.75 Å². The molecule has 1 aliphatic rings. The first-order chi connectivity index (χ1) is 9.93. The van der Waals surface area contributed by atoms with Crippen molar-refractivity contribution in [1.82, 2.24) is 9.97 Å². The quantitative estimate of drug-likeness (QED) is 0.832. The van der Waals surface area contributed by atoms with Crippen LogP contribution in [0.1, 0.15) is 31.9 Å². The average Bonchev–Trinajstić information content (AvgIpc) is 2.36. The zero-order valence-electron chi connectivity index (χ0n) is 11.9. The third kappa shape index (κ3) is 3.03. The highest BCUT2D eigenvalue weighted by Crippen LogP contribution is 2.40. The molecule has 0 spiro atoms. The van der Waals surface area contributed by atoms with E-state index in [1.807, 2.05) is 24.3 Å². The molecule has 1 atom stereocenters. The normalized spacial score (nSPS) is 19.5. The van der Waals surface area contributed by atoms with Gasteiger partial charge < -0.3 is 15.8 Å². The van der Waals surface area contributed by atoms with E-state index in [1.54, 1.807) is 6.07 Å². The van der Waals surface area contributed by atoms with E-state index in [9.17, 15) is 0 Å². The molecular formula is C15H17ClN4O. The van der Waals surface area contributed by atoms with E-state index in [2.05, 4.69) is 29.1 Å². The zero-order valence-corrected chi connectivity index (χ0v) is 12.7. The van der Waals surface area contributed by atoms with Crippen molar-refractivity contribution in [1.29, 1.82) is 0 Å². The van der Waals surface area contributed by atoms with Crippen LogP contribution in [0.4, 0.5) is 11.8 Å². The number of hydrogen-bond acceptors (Lipinski definition) is 5. The fraction of sp³-hybridized carbons (Fsp3) is 0.333. The second kappa shape index (κ2) is 5.07. The molecule has 0 amide bonds. The maximum atomic E-state index is 6.01. The van der Waals surface area contributed by atoms with Gasteiger partial charge in [0.15, 0.2) is 0 Å². The molecule has 1 unspecified atom stereocenters. The summed E-state index contributed by atoms with van der Waals surface area (Å²) < 4.78 is 6.01. The Morgan fingerprint density at radius 3 is 2.86 bits per heavy atom. The van der Waals surface area contributed by atoms with Crippen molar-refractivity contribution < 1.29 is 4.74 Å². The molecule has 0 saturated heterocycles. The smallest absolute Gasteiger partial charge is 0.223 e. The number of para-hydroxylation sites is 1. The highest BCUT2D eigenvalue weighted by atomic mass is 35.5. The Morgan fingerprint density at radius 1 is 1.33 bits per heavy atom. The number of anilines is 2. The Hall–Kier alpha value is -2.01. The number of halogens is 1. The SMILES string of the molecule is CC1(C)CC(Nc2cc(Cl)nc(N)n2)c2ccccc2O1. The summed E-state index contributed by atoms with van der Waals surface area (Å²) in [5, 5.41) is 3.70. The van der Waals surface area contributed by atoms with Gasteiger partial charge in [-0.05, 0) is 19.9 Å². The van der Waals surface area contributed by atoms with Gasteiger partial charge in [-0.15, -0.1) is 0 Å². The van der Waals surface area contributed by atoms with Crippen molar-refractivity contribution in [3.8, 4) is 5.75 Å². The van der Waals surface area contributed by atoms with E-state index in [-0.39, 0.29) is 17.6 Å². The van der Waals surface area contributed by atoms with Gasteiger partial charge >= 0.3 is 0 Å². The van der Waals surface area contributed by atoms with Gasteiger partial charge in [0.05, 0.1) is 6.04 Å². The fourth-order valence-electron chi connectivity index (χ4n) is 2.62. The second-order valence-electron chi connectivity index (χ2n) is 5.73. The number of nitrogens with one attached hydrogen (secondary N) is 1. The van der Waals surface area contributed by atoms with E-state index in [4.69, 9.17) is 22.1 Å². The molecule has 1 aromatic carbocycles. The molecule has 3 rings (SSSR count). The lowest BCUT2D eigenvalue weighted by Crippen LogP contribution is -2.37. The van der Waals surface area contributed by atoms with Crippen LogP contribution in [0.15, 0.2) is 30.3 Å². The molecule has 0 bridgehead atoms. The Labute approximate surface area is 128 Å². The Morgan fingerprint density at radius 2 is 2.10 bits per heavy atom. The summed E-state index contributed by atoms with van der Waals surface area (Å²) in [6.07, 6.45) is 0.811. The van der Waals surface area contributed by atoms with Crippen LogP contribution < -0.4 is 15.8 Å². The van der Waals surface area contributed by atoms with Crippen LogP contribution in [0.25, 0.3) is 0 Å². The van der Waals surface area contributed by atoms with Gasteiger partial charge in [0, 0.05) is 18.1 Å². The van der Waals surface area contributed by atoms with Crippen LogP contribution in [-0.4, -0.2) is 15.6 Å². The highest BCUT2D eigenvalue weighted by Gasteiger charge is 2.33. The van der Waals surface area contributed by atoms with E-state index < -0.39 is 0 Å². The van der Waals surface area contributed by atoms with E-state index in [1.165, 1.54) is 0 Å². The van der Waals surface area contributed by atoms with Gasteiger partial charge in [-0.3, -0.25) is 0 Å². The Balaban J connectivity index is 1.94. The van der Waals surface area contributed by atoms with Crippen molar-refractivity contribution >= 4 is 23.4 Å². The third-order valence-electron chi connectivity index (χ3n) is 3.41. The number of nitrogens with two attached hydrogens (primary N) is 1. The minimum atomic E-state index is -0.256. The van der Waals surface area contributed by atoms with E-state index in [0.29, 0.717) is 11.0 Å². The predicted molar refractivity (Wildman–Crippen MR) is 83.6 cm³/mol. The monoisotopic (exact) mass is 304 g/mol. The number of ether oxygens (including phenoxy) is 1. The highest BCUT2D eigenvalue weighted by molar-refractivity contribution is 6.29. The standard InChI is InChI=1S/C15H17ClN4O/c1-15(2)8-10(9-5-3-4-6-11(9)21-15)18-13-7-12(16)19-14(17)20-13/h3-7,10H,8H2,1-2H3,(H3,17,18,19,20). The summed E-state index contributed by atoms with van der Waals surface area (Å²) in [5.74, 6) is 1.66. The van der Waals surface area contributed by atoms with Crippen LogP contribution in [0, 0.1) is 0 Å². The molecule has 6 heteroatoms. The first-order valence-electron chi connectivity index (χ1n) is 6.77. The number of rotatable bonds is 2. The average molecular weight is 305 g/mol. The van der Waals surface area contributed by atoms with Crippen LogP contribution in [0.2, 0.25) is 5.15 Å².